The fourth-order valence-electron chi connectivity index (χ4n) is 2.47. The van der Waals surface area contributed by atoms with Crippen molar-refractivity contribution in [1.82, 2.24) is 25.1 Å². The van der Waals surface area contributed by atoms with Crippen LogP contribution in [-0.4, -0.2) is 44.0 Å². The van der Waals surface area contributed by atoms with Crippen molar-refractivity contribution in [1.29, 1.82) is 0 Å². The number of carbonyl (C=O) groups is 1. The van der Waals surface area contributed by atoms with Gasteiger partial charge in [-0.05, 0) is 47.7 Å². The average molecular weight is 453 g/mol. The number of amides is 1. The van der Waals surface area contributed by atoms with Gasteiger partial charge >= 0.3 is 0 Å². The summed E-state index contributed by atoms with van der Waals surface area (Å²) in [6.45, 7) is 7.08. The zero-order valence-electron chi connectivity index (χ0n) is 15.3. The van der Waals surface area contributed by atoms with Crippen LogP contribution in [0.1, 0.15) is 31.3 Å². The maximum absolute atomic E-state index is 12.1. The number of hydrogen-bond donors (Lipinski definition) is 2. The molecule has 144 valence electrons. The van der Waals surface area contributed by atoms with E-state index in [0.29, 0.717) is 22.9 Å². The highest BCUT2D eigenvalue weighted by atomic mass is 79.9. The number of rotatable bonds is 8. The van der Waals surface area contributed by atoms with Crippen LogP contribution in [0.3, 0.4) is 0 Å². The molecule has 3 aromatic heterocycles. The van der Waals surface area contributed by atoms with E-state index in [1.54, 1.807) is 34.8 Å². The van der Waals surface area contributed by atoms with E-state index in [0.717, 1.165) is 22.6 Å². The Labute approximate surface area is 169 Å². The summed E-state index contributed by atoms with van der Waals surface area (Å²) < 4.78 is 7.55. The van der Waals surface area contributed by atoms with Gasteiger partial charge in [-0.25, -0.2) is 14.6 Å². The van der Waals surface area contributed by atoms with Gasteiger partial charge in [0.05, 0.1) is 18.1 Å². The number of anilines is 1. The van der Waals surface area contributed by atoms with E-state index in [2.05, 4.69) is 62.4 Å². The molecule has 27 heavy (non-hydrogen) atoms. The summed E-state index contributed by atoms with van der Waals surface area (Å²) in [5.41, 5.74) is 0.749. The summed E-state index contributed by atoms with van der Waals surface area (Å²) in [5.74, 6) is 1.66. The molecule has 0 aliphatic rings. The third kappa shape index (κ3) is 4.81. The number of nitrogens with one attached hydrogen (secondary N) is 2. The molecule has 3 heterocycles. The maximum atomic E-state index is 12.1. The van der Waals surface area contributed by atoms with Crippen LogP contribution in [0.4, 0.5) is 5.82 Å². The first-order valence-corrected chi connectivity index (χ1v) is 10.4. The van der Waals surface area contributed by atoms with Gasteiger partial charge in [-0.2, -0.15) is 5.10 Å². The molecule has 0 radical (unpaired) electrons. The van der Waals surface area contributed by atoms with Crippen LogP contribution in [0.25, 0.3) is 11.0 Å². The van der Waals surface area contributed by atoms with Gasteiger partial charge in [-0.1, -0.05) is 18.7 Å². The SMILES string of the molecule is CCSc1nc(NC(C)C)c2cnn(CCNC(=O)c3ccc(Br)o3)c2n1. The van der Waals surface area contributed by atoms with Crippen molar-refractivity contribution in [3.05, 3.63) is 28.8 Å². The Balaban J connectivity index is 1.76. The lowest BCUT2D eigenvalue weighted by molar-refractivity contribution is 0.0923. The van der Waals surface area contributed by atoms with E-state index >= 15 is 0 Å². The van der Waals surface area contributed by atoms with Crippen molar-refractivity contribution in [2.75, 3.05) is 17.6 Å². The van der Waals surface area contributed by atoms with Gasteiger partial charge < -0.3 is 15.1 Å². The second-order valence-corrected chi connectivity index (χ2v) is 8.06. The minimum absolute atomic E-state index is 0.248. The summed E-state index contributed by atoms with van der Waals surface area (Å²) in [6.07, 6.45) is 1.76. The quantitative estimate of drug-likeness (QED) is 0.398. The molecular formula is C17H21BrN6O2S. The lowest BCUT2D eigenvalue weighted by Crippen LogP contribution is -2.27. The van der Waals surface area contributed by atoms with Gasteiger partial charge in [-0.3, -0.25) is 4.79 Å². The van der Waals surface area contributed by atoms with Crippen molar-refractivity contribution in [2.24, 2.45) is 0 Å². The van der Waals surface area contributed by atoms with E-state index in [-0.39, 0.29) is 17.7 Å². The molecule has 10 heteroatoms. The van der Waals surface area contributed by atoms with Gasteiger partial charge in [0.25, 0.3) is 5.91 Å². The first-order chi connectivity index (χ1) is 13.0. The molecule has 0 aliphatic carbocycles. The lowest BCUT2D eigenvalue weighted by atomic mass is 10.3. The Bertz CT molecular complexity index is 939. The minimum atomic E-state index is -0.267. The molecule has 0 saturated heterocycles. The fraction of sp³-hybridized carbons (Fsp3) is 0.412. The Morgan fingerprint density at radius 1 is 1.37 bits per heavy atom. The van der Waals surface area contributed by atoms with Crippen LogP contribution in [0.15, 0.2) is 32.6 Å². The molecule has 0 bridgehead atoms. The van der Waals surface area contributed by atoms with Crippen LogP contribution in [0.5, 0.6) is 0 Å². The normalized spacial score (nSPS) is 11.3. The van der Waals surface area contributed by atoms with E-state index in [1.807, 2.05) is 0 Å². The van der Waals surface area contributed by atoms with E-state index in [4.69, 9.17) is 4.42 Å². The number of halogens is 1. The van der Waals surface area contributed by atoms with Gasteiger partial charge in [0.1, 0.15) is 5.82 Å². The number of fused-ring (bicyclic) bond motifs is 1. The van der Waals surface area contributed by atoms with Gasteiger partial charge in [-0.15, -0.1) is 0 Å². The largest absolute Gasteiger partial charge is 0.444 e. The van der Waals surface area contributed by atoms with Crippen molar-refractivity contribution < 1.29 is 9.21 Å². The number of thioether (sulfide) groups is 1. The number of hydrogen-bond acceptors (Lipinski definition) is 7. The summed E-state index contributed by atoms with van der Waals surface area (Å²) >= 11 is 4.77. The molecule has 0 saturated carbocycles. The summed E-state index contributed by atoms with van der Waals surface area (Å²) in [6, 6.07) is 3.55. The summed E-state index contributed by atoms with van der Waals surface area (Å²) in [4.78, 5) is 21.3. The molecule has 3 rings (SSSR count). The number of carbonyl (C=O) groups excluding carboxylic acids is 1. The van der Waals surface area contributed by atoms with Crippen molar-refractivity contribution >= 4 is 50.5 Å². The highest BCUT2D eigenvalue weighted by Gasteiger charge is 2.15. The average Bonchev–Trinajstić information content (AvgIpc) is 3.21. The highest BCUT2D eigenvalue weighted by molar-refractivity contribution is 9.10. The van der Waals surface area contributed by atoms with Crippen LogP contribution in [-0.2, 0) is 6.54 Å². The Hall–Kier alpha value is -2.07. The fourth-order valence-corrected chi connectivity index (χ4v) is 3.35. The third-order valence-corrected chi connectivity index (χ3v) is 4.74. The van der Waals surface area contributed by atoms with E-state index in [1.165, 1.54) is 0 Å². The number of nitrogens with zero attached hydrogens (tertiary/aromatic N) is 4. The first kappa shape index (κ1) is 19.7. The maximum Gasteiger partial charge on any atom is 0.287 e. The van der Waals surface area contributed by atoms with E-state index in [9.17, 15) is 4.79 Å². The Morgan fingerprint density at radius 2 is 2.19 bits per heavy atom. The monoisotopic (exact) mass is 452 g/mol. The molecule has 0 aliphatic heterocycles. The van der Waals surface area contributed by atoms with Crippen molar-refractivity contribution in [3.8, 4) is 0 Å². The Morgan fingerprint density at radius 3 is 2.85 bits per heavy atom. The summed E-state index contributed by atoms with van der Waals surface area (Å²) in [5, 5.41) is 12.2. The van der Waals surface area contributed by atoms with Crippen LogP contribution in [0, 0.1) is 0 Å². The zero-order valence-corrected chi connectivity index (χ0v) is 17.7. The molecular weight excluding hydrogens is 432 g/mol. The topological polar surface area (TPSA) is 97.9 Å². The second kappa shape index (κ2) is 8.75. The standard InChI is InChI=1S/C17H21BrN6O2S/c1-4-27-17-22-14(21-10(2)3)11-9-20-24(15(11)23-17)8-7-19-16(25)12-5-6-13(18)26-12/h5-6,9-10H,4,7-8H2,1-3H3,(H,19,25)(H,21,22,23). The molecule has 0 aromatic carbocycles. The molecule has 0 unspecified atom stereocenters. The molecule has 0 spiro atoms. The predicted octanol–water partition coefficient (Wildman–Crippen LogP) is 3.54. The van der Waals surface area contributed by atoms with Crippen LogP contribution in [0.2, 0.25) is 0 Å². The van der Waals surface area contributed by atoms with Crippen molar-refractivity contribution in [3.63, 3.8) is 0 Å². The van der Waals surface area contributed by atoms with Gasteiger partial charge in [0, 0.05) is 12.6 Å². The number of aromatic nitrogens is 4. The van der Waals surface area contributed by atoms with Crippen LogP contribution < -0.4 is 10.6 Å². The second-order valence-electron chi connectivity index (χ2n) is 6.05. The molecule has 3 aromatic rings. The molecule has 0 fully saturated rings. The molecule has 8 nitrogen and oxygen atoms in total. The lowest BCUT2D eigenvalue weighted by Gasteiger charge is -2.11. The van der Waals surface area contributed by atoms with Crippen molar-refractivity contribution in [2.45, 2.75) is 38.5 Å². The van der Waals surface area contributed by atoms with Gasteiger partial charge in [0.2, 0.25) is 0 Å². The molecule has 1 amide bonds. The zero-order chi connectivity index (χ0) is 19.4. The summed E-state index contributed by atoms with van der Waals surface area (Å²) in [7, 11) is 0. The van der Waals surface area contributed by atoms with E-state index < -0.39 is 0 Å². The highest BCUT2D eigenvalue weighted by Crippen LogP contribution is 2.24. The van der Waals surface area contributed by atoms with Crippen LogP contribution >= 0.6 is 27.7 Å². The van der Waals surface area contributed by atoms with Gasteiger partial charge in [0.15, 0.2) is 21.2 Å². The molecule has 2 N–H and O–H groups in total. The first-order valence-electron chi connectivity index (χ1n) is 8.64. The third-order valence-electron chi connectivity index (χ3n) is 3.58. The smallest absolute Gasteiger partial charge is 0.287 e. The molecule has 0 atom stereocenters. The minimum Gasteiger partial charge on any atom is -0.444 e. The predicted molar refractivity (Wildman–Crippen MR) is 109 cm³/mol. The number of furan rings is 1. The Kier molecular flexibility index (Phi) is 6.38.